The number of halogens is 3. The van der Waals surface area contributed by atoms with E-state index in [0.717, 1.165) is 6.07 Å². The average molecular weight is 267 g/mol. The third kappa shape index (κ3) is 1.98. The second-order valence-electron chi connectivity index (χ2n) is 2.40. The molecule has 3 N–H and O–H groups in total. The number of carbonyl (C=O) groups excluding carboxylic acids is 1. The molecule has 1 aromatic heterocycles. The molecule has 0 radical (unpaired) electrons. The van der Waals surface area contributed by atoms with Gasteiger partial charge in [-0.25, -0.2) is 13.8 Å². The van der Waals surface area contributed by atoms with Crippen LogP contribution in [0.5, 0.6) is 5.75 Å². The molecule has 1 heterocycles. The summed E-state index contributed by atoms with van der Waals surface area (Å²) in [5.41, 5.74) is 3.85. The summed E-state index contributed by atoms with van der Waals surface area (Å²) in [5.74, 6) is -1.53. The Labute approximate surface area is 85.9 Å². The van der Waals surface area contributed by atoms with Crippen molar-refractivity contribution in [3.63, 3.8) is 0 Å². The third-order valence-corrected chi connectivity index (χ3v) is 2.01. The van der Waals surface area contributed by atoms with Crippen molar-refractivity contribution in [2.45, 2.75) is 6.43 Å². The van der Waals surface area contributed by atoms with E-state index in [1.165, 1.54) is 0 Å². The van der Waals surface area contributed by atoms with E-state index >= 15 is 0 Å². The summed E-state index contributed by atoms with van der Waals surface area (Å²) in [6, 6.07) is 0.757. The SMILES string of the molecule is NC(=O)c1cc(C(F)F)nc(Br)c1O. The summed E-state index contributed by atoms with van der Waals surface area (Å²) in [6.45, 7) is 0. The lowest BCUT2D eigenvalue weighted by Gasteiger charge is -2.05. The van der Waals surface area contributed by atoms with Gasteiger partial charge in [0, 0.05) is 0 Å². The van der Waals surface area contributed by atoms with Gasteiger partial charge in [0.15, 0.2) is 5.75 Å². The quantitative estimate of drug-likeness (QED) is 0.799. The Kier molecular flexibility index (Phi) is 3.00. The van der Waals surface area contributed by atoms with Gasteiger partial charge in [-0.2, -0.15) is 0 Å². The fourth-order valence-corrected chi connectivity index (χ4v) is 1.24. The highest BCUT2D eigenvalue weighted by molar-refractivity contribution is 9.10. The van der Waals surface area contributed by atoms with Crippen molar-refractivity contribution in [1.82, 2.24) is 4.98 Å². The Hall–Kier alpha value is -1.24. The number of carbonyl (C=O) groups is 1. The largest absolute Gasteiger partial charge is 0.504 e. The number of amides is 1. The number of aromatic hydroxyl groups is 1. The molecule has 76 valence electrons. The first kappa shape index (κ1) is 10.8. The van der Waals surface area contributed by atoms with E-state index in [1.807, 2.05) is 0 Å². The van der Waals surface area contributed by atoms with E-state index in [1.54, 1.807) is 0 Å². The van der Waals surface area contributed by atoms with E-state index in [9.17, 15) is 18.7 Å². The van der Waals surface area contributed by atoms with Crippen molar-refractivity contribution in [3.05, 3.63) is 21.9 Å². The topological polar surface area (TPSA) is 76.2 Å². The van der Waals surface area contributed by atoms with Crippen molar-refractivity contribution in [2.24, 2.45) is 5.73 Å². The van der Waals surface area contributed by atoms with Crippen molar-refractivity contribution in [3.8, 4) is 5.75 Å². The van der Waals surface area contributed by atoms with Crippen molar-refractivity contribution < 1.29 is 18.7 Å². The molecular formula is C7H5BrF2N2O2. The minimum atomic E-state index is -2.83. The Bertz CT molecular complexity index is 384. The van der Waals surface area contributed by atoms with Gasteiger partial charge >= 0.3 is 0 Å². The fraction of sp³-hybridized carbons (Fsp3) is 0.143. The highest BCUT2D eigenvalue weighted by atomic mass is 79.9. The molecule has 7 heteroatoms. The Balaban J connectivity index is 3.35. The normalized spacial score (nSPS) is 10.6. The van der Waals surface area contributed by atoms with Crippen LogP contribution >= 0.6 is 15.9 Å². The van der Waals surface area contributed by atoms with Gasteiger partial charge < -0.3 is 10.8 Å². The molecule has 0 aliphatic rings. The van der Waals surface area contributed by atoms with Gasteiger partial charge in [-0.15, -0.1) is 0 Å². The summed E-state index contributed by atoms with van der Waals surface area (Å²) in [4.78, 5) is 14.0. The maximum Gasteiger partial charge on any atom is 0.280 e. The van der Waals surface area contributed by atoms with Crippen LogP contribution in [0.2, 0.25) is 0 Å². The van der Waals surface area contributed by atoms with Crippen LogP contribution in [0.25, 0.3) is 0 Å². The molecule has 0 saturated heterocycles. The molecule has 0 spiro atoms. The first-order chi connectivity index (χ1) is 6.43. The lowest BCUT2D eigenvalue weighted by molar-refractivity contribution is 0.0996. The minimum Gasteiger partial charge on any atom is -0.504 e. The molecule has 0 aliphatic carbocycles. The molecule has 0 fully saturated rings. The molecule has 0 atom stereocenters. The van der Waals surface area contributed by atoms with Crippen LogP contribution in [-0.2, 0) is 0 Å². The third-order valence-electron chi connectivity index (χ3n) is 1.46. The van der Waals surface area contributed by atoms with Crippen molar-refractivity contribution in [2.75, 3.05) is 0 Å². The van der Waals surface area contributed by atoms with Crippen LogP contribution in [0, 0.1) is 0 Å². The Morgan fingerprint density at radius 2 is 2.21 bits per heavy atom. The van der Waals surface area contributed by atoms with E-state index in [-0.39, 0.29) is 10.2 Å². The number of aromatic nitrogens is 1. The monoisotopic (exact) mass is 266 g/mol. The number of alkyl halides is 2. The van der Waals surface area contributed by atoms with Gasteiger partial charge in [0.25, 0.3) is 12.3 Å². The fourth-order valence-electron chi connectivity index (χ4n) is 0.826. The lowest BCUT2D eigenvalue weighted by Crippen LogP contribution is -2.12. The Morgan fingerprint density at radius 3 is 2.64 bits per heavy atom. The zero-order valence-electron chi connectivity index (χ0n) is 6.67. The predicted octanol–water partition coefficient (Wildman–Crippen LogP) is 1.59. The zero-order valence-corrected chi connectivity index (χ0v) is 8.25. The number of hydrogen-bond donors (Lipinski definition) is 2. The van der Waals surface area contributed by atoms with E-state index in [4.69, 9.17) is 5.73 Å². The molecule has 1 rings (SSSR count). The number of hydrogen-bond acceptors (Lipinski definition) is 3. The van der Waals surface area contributed by atoms with Crippen molar-refractivity contribution >= 4 is 21.8 Å². The number of primary amides is 1. The van der Waals surface area contributed by atoms with Gasteiger partial charge in [-0.1, -0.05) is 0 Å². The van der Waals surface area contributed by atoms with E-state index < -0.39 is 23.8 Å². The average Bonchev–Trinajstić information content (AvgIpc) is 2.08. The van der Waals surface area contributed by atoms with Gasteiger partial charge in [-0.05, 0) is 22.0 Å². The summed E-state index contributed by atoms with van der Waals surface area (Å²) in [6.07, 6.45) is -2.83. The van der Waals surface area contributed by atoms with Crippen LogP contribution in [0.3, 0.4) is 0 Å². The highest BCUT2D eigenvalue weighted by Crippen LogP contribution is 2.29. The summed E-state index contributed by atoms with van der Waals surface area (Å²) < 4.78 is 24.2. The molecule has 4 nitrogen and oxygen atoms in total. The van der Waals surface area contributed by atoms with Gasteiger partial charge in [0.2, 0.25) is 0 Å². The maximum atomic E-state index is 12.2. The molecule has 0 aliphatic heterocycles. The second kappa shape index (κ2) is 3.87. The van der Waals surface area contributed by atoms with E-state index in [2.05, 4.69) is 20.9 Å². The number of rotatable bonds is 2. The van der Waals surface area contributed by atoms with Gasteiger partial charge in [0.1, 0.15) is 10.3 Å². The molecular weight excluding hydrogens is 262 g/mol. The summed E-state index contributed by atoms with van der Waals surface area (Å²) >= 11 is 2.73. The number of pyridine rings is 1. The number of nitrogens with zero attached hydrogens (tertiary/aromatic N) is 1. The molecule has 14 heavy (non-hydrogen) atoms. The smallest absolute Gasteiger partial charge is 0.280 e. The zero-order chi connectivity index (χ0) is 10.9. The summed E-state index contributed by atoms with van der Waals surface area (Å²) in [5, 5.41) is 9.22. The molecule has 0 aromatic carbocycles. The molecule has 1 aromatic rings. The van der Waals surface area contributed by atoms with Crippen LogP contribution in [0.15, 0.2) is 10.7 Å². The highest BCUT2D eigenvalue weighted by Gasteiger charge is 2.18. The standard InChI is InChI=1S/C7H5BrF2N2O2/c8-5-4(13)2(7(11)14)1-3(12-5)6(9)10/h1,6,13H,(H2,11,14). The molecule has 0 unspecified atom stereocenters. The lowest BCUT2D eigenvalue weighted by atomic mass is 10.2. The number of nitrogens with two attached hydrogens (primary N) is 1. The van der Waals surface area contributed by atoms with Gasteiger partial charge in [-0.3, -0.25) is 4.79 Å². The first-order valence-corrected chi connectivity index (χ1v) is 4.20. The second-order valence-corrected chi connectivity index (χ2v) is 3.15. The van der Waals surface area contributed by atoms with Gasteiger partial charge in [0.05, 0.1) is 5.56 Å². The van der Waals surface area contributed by atoms with Crippen LogP contribution in [-0.4, -0.2) is 16.0 Å². The molecule has 1 amide bonds. The molecule has 0 bridgehead atoms. The molecule has 0 saturated carbocycles. The van der Waals surface area contributed by atoms with Crippen LogP contribution in [0.4, 0.5) is 8.78 Å². The maximum absolute atomic E-state index is 12.2. The Morgan fingerprint density at radius 1 is 1.64 bits per heavy atom. The van der Waals surface area contributed by atoms with Crippen LogP contribution in [0.1, 0.15) is 22.5 Å². The van der Waals surface area contributed by atoms with Crippen LogP contribution < -0.4 is 5.73 Å². The predicted molar refractivity (Wildman–Crippen MR) is 47.1 cm³/mol. The van der Waals surface area contributed by atoms with Crippen molar-refractivity contribution in [1.29, 1.82) is 0 Å². The first-order valence-electron chi connectivity index (χ1n) is 3.41. The minimum absolute atomic E-state index is 0.232. The van der Waals surface area contributed by atoms with E-state index in [0.29, 0.717) is 0 Å². The summed E-state index contributed by atoms with van der Waals surface area (Å²) in [7, 11) is 0.